The molecule has 0 aliphatic heterocycles. The Morgan fingerprint density at radius 1 is 1.42 bits per heavy atom. The summed E-state index contributed by atoms with van der Waals surface area (Å²) in [5.41, 5.74) is 6.53. The van der Waals surface area contributed by atoms with Crippen LogP contribution in [-0.2, 0) is 4.79 Å². The fourth-order valence-electron chi connectivity index (χ4n) is 1.38. The third-order valence-corrected chi connectivity index (χ3v) is 2.33. The van der Waals surface area contributed by atoms with Gasteiger partial charge in [0.1, 0.15) is 5.75 Å². The molecule has 1 amide bonds. The van der Waals surface area contributed by atoms with Crippen molar-refractivity contribution in [3.63, 3.8) is 0 Å². The Morgan fingerprint density at radius 3 is 2.68 bits per heavy atom. The van der Waals surface area contributed by atoms with Crippen molar-refractivity contribution in [1.29, 1.82) is 0 Å². The lowest BCUT2D eigenvalue weighted by Crippen LogP contribution is -2.45. The summed E-state index contributed by atoms with van der Waals surface area (Å²) in [7, 11) is 0. The number of benzene rings is 1. The highest BCUT2D eigenvalue weighted by atomic mass is 35.5. The molecule has 0 atom stereocenters. The molecule has 1 aromatic carbocycles. The van der Waals surface area contributed by atoms with Gasteiger partial charge in [-0.05, 0) is 38.5 Å². The molecular formula is C14H23ClN2O2. The first kappa shape index (κ1) is 17.7. The number of rotatable bonds is 6. The number of nitrogens with one attached hydrogen (secondary N) is 1. The van der Waals surface area contributed by atoms with E-state index in [0.29, 0.717) is 19.6 Å². The van der Waals surface area contributed by atoms with Gasteiger partial charge in [-0.15, -0.1) is 12.4 Å². The summed E-state index contributed by atoms with van der Waals surface area (Å²) >= 11 is 0. The van der Waals surface area contributed by atoms with Crippen molar-refractivity contribution in [3.8, 4) is 5.75 Å². The largest absolute Gasteiger partial charge is 0.493 e. The van der Waals surface area contributed by atoms with Crippen LogP contribution in [-0.4, -0.2) is 24.6 Å². The average molecular weight is 287 g/mol. The molecule has 0 fully saturated rings. The molecule has 0 saturated carbocycles. The number of carbonyl (C=O) groups excluding carboxylic acids is 1. The molecule has 0 unspecified atom stereocenters. The second-order valence-corrected chi connectivity index (χ2v) is 5.18. The number of halogens is 1. The molecule has 3 N–H and O–H groups in total. The van der Waals surface area contributed by atoms with Gasteiger partial charge in [0.15, 0.2) is 0 Å². The smallest absolute Gasteiger partial charge is 0.223 e. The van der Waals surface area contributed by atoms with E-state index < -0.39 is 0 Å². The summed E-state index contributed by atoms with van der Waals surface area (Å²) in [5.74, 6) is 0.753. The fourth-order valence-corrected chi connectivity index (χ4v) is 1.38. The molecule has 0 saturated heterocycles. The number of hydrogen-bond acceptors (Lipinski definition) is 3. The van der Waals surface area contributed by atoms with Gasteiger partial charge in [0.05, 0.1) is 13.0 Å². The minimum Gasteiger partial charge on any atom is -0.493 e. The molecule has 0 spiro atoms. The predicted molar refractivity (Wildman–Crippen MR) is 79.8 cm³/mol. The zero-order valence-electron chi connectivity index (χ0n) is 11.7. The average Bonchev–Trinajstić information content (AvgIpc) is 2.25. The van der Waals surface area contributed by atoms with Gasteiger partial charge in [-0.2, -0.15) is 0 Å². The van der Waals surface area contributed by atoms with Gasteiger partial charge >= 0.3 is 0 Å². The first-order valence-corrected chi connectivity index (χ1v) is 6.12. The highest BCUT2D eigenvalue weighted by molar-refractivity contribution is 5.85. The number of hydrogen-bond donors (Lipinski definition) is 2. The second kappa shape index (κ2) is 8.02. The first-order valence-electron chi connectivity index (χ1n) is 6.12. The summed E-state index contributed by atoms with van der Waals surface area (Å²) in [4.78, 5) is 11.5. The normalized spacial score (nSPS) is 10.5. The predicted octanol–water partition coefficient (Wildman–Crippen LogP) is 2.04. The molecule has 0 bridgehead atoms. The second-order valence-electron chi connectivity index (χ2n) is 5.18. The third kappa shape index (κ3) is 8.46. The van der Waals surface area contributed by atoms with E-state index in [1.165, 1.54) is 0 Å². The Hall–Kier alpha value is -1.26. The van der Waals surface area contributed by atoms with E-state index in [-0.39, 0.29) is 23.9 Å². The van der Waals surface area contributed by atoms with Gasteiger partial charge in [-0.1, -0.05) is 12.1 Å². The summed E-state index contributed by atoms with van der Waals surface area (Å²) < 4.78 is 5.50. The topological polar surface area (TPSA) is 64.3 Å². The summed E-state index contributed by atoms with van der Waals surface area (Å²) in [6.45, 7) is 6.59. The van der Waals surface area contributed by atoms with Crippen molar-refractivity contribution in [2.75, 3.05) is 13.2 Å². The number of nitrogens with two attached hydrogens (primary N) is 1. The van der Waals surface area contributed by atoms with Crippen LogP contribution in [0.15, 0.2) is 24.3 Å². The minimum atomic E-state index is -0.382. The van der Waals surface area contributed by atoms with Crippen LogP contribution in [0.4, 0.5) is 0 Å². The van der Waals surface area contributed by atoms with Gasteiger partial charge in [-0.3, -0.25) is 4.79 Å². The first-order chi connectivity index (χ1) is 8.37. The Kier molecular flexibility index (Phi) is 7.49. The van der Waals surface area contributed by atoms with E-state index in [1.54, 1.807) is 0 Å². The molecule has 0 aliphatic rings. The van der Waals surface area contributed by atoms with Gasteiger partial charge in [0.2, 0.25) is 5.91 Å². The van der Waals surface area contributed by atoms with E-state index in [2.05, 4.69) is 5.32 Å². The number of aryl methyl sites for hydroxylation is 1. The van der Waals surface area contributed by atoms with Crippen LogP contribution in [0.3, 0.4) is 0 Å². The zero-order chi connectivity index (χ0) is 13.6. The molecule has 1 rings (SSSR count). The fraction of sp³-hybridized carbons (Fsp3) is 0.500. The highest BCUT2D eigenvalue weighted by Crippen LogP contribution is 2.12. The Bertz CT molecular complexity index is 403. The lowest BCUT2D eigenvalue weighted by molar-refractivity contribution is -0.121. The zero-order valence-corrected chi connectivity index (χ0v) is 12.5. The Balaban J connectivity index is 0.00000324. The SMILES string of the molecule is Cc1cccc(OCCC(=O)NCC(C)(C)N)c1.Cl. The van der Waals surface area contributed by atoms with Crippen LogP contribution in [0.25, 0.3) is 0 Å². The maximum Gasteiger partial charge on any atom is 0.223 e. The maximum absolute atomic E-state index is 11.5. The summed E-state index contributed by atoms with van der Waals surface area (Å²) in [5, 5.41) is 2.78. The van der Waals surface area contributed by atoms with Gasteiger partial charge in [0, 0.05) is 12.1 Å². The highest BCUT2D eigenvalue weighted by Gasteiger charge is 2.11. The van der Waals surface area contributed by atoms with E-state index in [1.807, 2.05) is 45.0 Å². The van der Waals surface area contributed by atoms with Gasteiger partial charge < -0.3 is 15.8 Å². The Morgan fingerprint density at radius 2 is 2.11 bits per heavy atom. The molecule has 0 aromatic heterocycles. The van der Waals surface area contributed by atoms with Gasteiger partial charge in [-0.25, -0.2) is 0 Å². The Labute approximate surface area is 121 Å². The van der Waals surface area contributed by atoms with Crippen LogP contribution in [0.5, 0.6) is 5.75 Å². The molecule has 0 radical (unpaired) electrons. The van der Waals surface area contributed by atoms with E-state index in [0.717, 1.165) is 11.3 Å². The number of carbonyl (C=O) groups is 1. The molecule has 108 valence electrons. The van der Waals surface area contributed by atoms with Gasteiger partial charge in [0.25, 0.3) is 0 Å². The lowest BCUT2D eigenvalue weighted by Gasteiger charge is -2.18. The molecule has 0 heterocycles. The lowest BCUT2D eigenvalue weighted by atomic mass is 10.1. The number of ether oxygens (including phenoxy) is 1. The van der Waals surface area contributed by atoms with Crippen molar-refractivity contribution in [2.24, 2.45) is 5.73 Å². The van der Waals surface area contributed by atoms with Crippen molar-refractivity contribution in [3.05, 3.63) is 29.8 Å². The monoisotopic (exact) mass is 286 g/mol. The van der Waals surface area contributed by atoms with Crippen LogP contribution in [0.1, 0.15) is 25.8 Å². The molecular weight excluding hydrogens is 264 g/mol. The van der Waals surface area contributed by atoms with Crippen LogP contribution in [0, 0.1) is 6.92 Å². The summed E-state index contributed by atoms with van der Waals surface area (Å²) in [6.07, 6.45) is 0.337. The number of amides is 1. The quantitative estimate of drug-likeness (QED) is 0.841. The molecule has 1 aromatic rings. The van der Waals surface area contributed by atoms with Crippen molar-refractivity contribution in [2.45, 2.75) is 32.7 Å². The minimum absolute atomic E-state index is 0. The van der Waals surface area contributed by atoms with E-state index in [9.17, 15) is 4.79 Å². The molecule has 4 nitrogen and oxygen atoms in total. The molecule has 0 aliphatic carbocycles. The molecule has 19 heavy (non-hydrogen) atoms. The van der Waals surface area contributed by atoms with Crippen molar-refractivity contribution < 1.29 is 9.53 Å². The van der Waals surface area contributed by atoms with Crippen molar-refractivity contribution >= 4 is 18.3 Å². The van der Waals surface area contributed by atoms with E-state index >= 15 is 0 Å². The molecule has 5 heteroatoms. The van der Waals surface area contributed by atoms with Crippen LogP contribution in [0.2, 0.25) is 0 Å². The standard InChI is InChI=1S/C14H22N2O2.ClH/c1-11-5-4-6-12(9-11)18-8-7-13(17)16-10-14(2,3)15;/h4-6,9H,7-8,10,15H2,1-3H3,(H,16,17);1H. The van der Waals surface area contributed by atoms with Crippen molar-refractivity contribution in [1.82, 2.24) is 5.32 Å². The maximum atomic E-state index is 11.5. The van der Waals surface area contributed by atoms with E-state index in [4.69, 9.17) is 10.5 Å². The van der Waals surface area contributed by atoms with Crippen LogP contribution < -0.4 is 15.8 Å². The van der Waals surface area contributed by atoms with Crippen LogP contribution >= 0.6 is 12.4 Å². The third-order valence-electron chi connectivity index (χ3n) is 2.33. The summed E-state index contributed by atoms with van der Waals surface area (Å²) in [6, 6.07) is 7.76.